The molecule has 78 valence electrons. The minimum Gasteiger partial charge on any atom is -0.494 e. The Morgan fingerprint density at radius 2 is 2.27 bits per heavy atom. The second kappa shape index (κ2) is 3.56. The van der Waals surface area contributed by atoms with Gasteiger partial charge in [-0.3, -0.25) is 5.10 Å². The van der Waals surface area contributed by atoms with E-state index in [0.29, 0.717) is 11.4 Å². The number of aromatic amines is 1. The monoisotopic (exact) mass is 208 g/mol. The molecule has 0 bridgehead atoms. The number of nitrogens with one attached hydrogen (secondary N) is 1. The third-order valence-corrected chi connectivity index (χ3v) is 1.93. The molecule has 1 heterocycles. The van der Waals surface area contributed by atoms with E-state index in [9.17, 15) is 4.39 Å². The Morgan fingerprint density at radius 1 is 1.47 bits per heavy atom. The fraction of sp³-hybridized carbons (Fsp3) is 0.111. The van der Waals surface area contributed by atoms with E-state index in [1.807, 2.05) is 0 Å². The van der Waals surface area contributed by atoms with Crippen molar-refractivity contribution in [3.8, 4) is 17.1 Å². The summed E-state index contributed by atoms with van der Waals surface area (Å²) in [5.41, 5.74) is 6.02. The maximum absolute atomic E-state index is 13.1. The molecule has 1 aromatic heterocycles. The molecule has 0 amide bonds. The molecule has 3 N–H and O–H groups in total. The van der Waals surface area contributed by atoms with Gasteiger partial charge in [-0.25, -0.2) is 4.39 Å². The van der Waals surface area contributed by atoms with Crippen LogP contribution in [0.5, 0.6) is 5.75 Å². The van der Waals surface area contributed by atoms with E-state index in [1.165, 1.54) is 19.2 Å². The van der Waals surface area contributed by atoms with Crippen molar-refractivity contribution in [2.75, 3.05) is 12.8 Å². The van der Waals surface area contributed by atoms with Crippen molar-refractivity contribution in [3.05, 3.63) is 24.0 Å². The number of anilines is 1. The molecule has 6 heteroatoms. The van der Waals surface area contributed by atoms with Crippen LogP contribution in [0.3, 0.4) is 0 Å². The normalized spacial score (nSPS) is 10.3. The van der Waals surface area contributed by atoms with Crippen LogP contribution in [0.1, 0.15) is 0 Å². The molecule has 0 aliphatic heterocycles. The molecule has 1 aromatic carbocycles. The van der Waals surface area contributed by atoms with Gasteiger partial charge in [0.15, 0.2) is 17.4 Å². The van der Waals surface area contributed by atoms with Crippen molar-refractivity contribution >= 4 is 5.95 Å². The zero-order chi connectivity index (χ0) is 10.8. The Morgan fingerprint density at radius 3 is 2.87 bits per heavy atom. The van der Waals surface area contributed by atoms with Crippen LogP contribution in [-0.2, 0) is 0 Å². The summed E-state index contributed by atoms with van der Waals surface area (Å²) in [6.07, 6.45) is 0. The van der Waals surface area contributed by atoms with Crippen LogP contribution >= 0.6 is 0 Å². The van der Waals surface area contributed by atoms with Gasteiger partial charge in [-0.15, -0.1) is 5.10 Å². The summed E-state index contributed by atoms with van der Waals surface area (Å²) in [5, 5.41) is 6.31. The quantitative estimate of drug-likeness (QED) is 0.777. The number of hydrogen-bond acceptors (Lipinski definition) is 4. The van der Waals surface area contributed by atoms with Crippen LogP contribution in [0.2, 0.25) is 0 Å². The number of hydrogen-bond donors (Lipinski definition) is 2. The van der Waals surface area contributed by atoms with E-state index < -0.39 is 5.82 Å². The number of nitrogens with two attached hydrogens (primary N) is 1. The number of nitrogen functional groups attached to an aromatic ring is 1. The van der Waals surface area contributed by atoms with Gasteiger partial charge in [0.05, 0.1) is 7.11 Å². The summed E-state index contributed by atoms with van der Waals surface area (Å²) in [6.45, 7) is 0. The van der Waals surface area contributed by atoms with Crippen LogP contribution < -0.4 is 10.5 Å². The molecule has 2 aromatic rings. The zero-order valence-electron chi connectivity index (χ0n) is 7.99. The number of H-pyrrole nitrogens is 1. The van der Waals surface area contributed by atoms with Gasteiger partial charge in [0, 0.05) is 5.56 Å². The number of aromatic nitrogens is 3. The molecule has 0 saturated carbocycles. The summed E-state index contributed by atoms with van der Waals surface area (Å²) in [7, 11) is 1.40. The lowest BCUT2D eigenvalue weighted by molar-refractivity contribution is 0.387. The SMILES string of the molecule is COc1cc(-c2nc(N)n[nH]2)ccc1F. The first-order valence-electron chi connectivity index (χ1n) is 4.22. The maximum Gasteiger partial charge on any atom is 0.239 e. The van der Waals surface area contributed by atoms with Crippen molar-refractivity contribution in [1.29, 1.82) is 0 Å². The van der Waals surface area contributed by atoms with Crippen molar-refractivity contribution in [2.45, 2.75) is 0 Å². The Balaban J connectivity index is 2.45. The number of methoxy groups -OCH3 is 1. The molecule has 0 atom stereocenters. The second-order valence-corrected chi connectivity index (χ2v) is 2.89. The predicted molar refractivity (Wildman–Crippen MR) is 52.7 cm³/mol. The topological polar surface area (TPSA) is 76.8 Å². The van der Waals surface area contributed by atoms with Gasteiger partial charge in [0.2, 0.25) is 5.95 Å². The molecule has 0 saturated heterocycles. The average Bonchev–Trinajstić information content (AvgIpc) is 2.66. The molecule has 0 aliphatic carbocycles. The maximum atomic E-state index is 13.1. The average molecular weight is 208 g/mol. The van der Waals surface area contributed by atoms with Crippen LogP contribution in [0.25, 0.3) is 11.4 Å². The molecule has 0 radical (unpaired) electrons. The van der Waals surface area contributed by atoms with Gasteiger partial charge in [0.1, 0.15) is 0 Å². The third kappa shape index (κ3) is 1.74. The summed E-state index contributed by atoms with van der Waals surface area (Å²) >= 11 is 0. The predicted octanol–water partition coefficient (Wildman–Crippen LogP) is 1.20. The van der Waals surface area contributed by atoms with Gasteiger partial charge in [-0.05, 0) is 18.2 Å². The molecule has 2 rings (SSSR count). The fourth-order valence-electron chi connectivity index (χ4n) is 1.21. The highest BCUT2D eigenvalue weighted by Crippen LogP contribution is 2.23. The van der Waals surface area contributed by atoms with Crippen LogP contribution in [0.15, 0.2) is 18.2 Å². The van der Waals surface area contributed by atoms with E-state index in [4.69, 9.17) is 10.5 Å². The highest BCUT2D eigenvalue weighted by atomic mass is 19.1. The van der Waals surface area contributed by atoms with Crippen molar-refractivity contribution < 1.29 is 9.13 Å². The first-order chi connectivity index (χ1) is 7.20. The number of nitrogens with zero attached hydrogens (tertiary/aromatic N) is 2. The zero-order valence-corrected chi connectivity index (χ0v) is 7.99. The second-order valence-electron chi connectivity index (χ2n) is 2.89. The highest BCUT2D eigenvalue weighted by Gasteiger charge is 2.07. The summed E-state index contributed by atoms with van der Waals surface area (Å²) in [4.78, 5) is 3.92. The molecular weight excluding hydrogens is 199 g/mol. The first-order valence-corrected chi connectivity index (χ1v) is 4.22. The molecule has 0 aliphatic rings. The van der Waals surface area contributed by atoms with E-state index >= 15 is 0 Å². The Labute approximate surface area is 85.1 Å². The summed E-state index contributed by atoms with van der Waals surface area (Å²) < 4.78 is 17.9. The van der Waals surface area contributed by atoms with Crippen LogP contribution in [0, 0.1) is 5.82 Å². The molecule has 15 heavy (non-hydrogen) atoms. The van der Waals surface area contributed by atoms with Crippen molar-refractivity contribution in [3.63, 3.8) is 0 Å². The van der Waals surface area contributed by atoms with E-state index in [2.05, 4.69) is 15.2 Å². The van der Waals surface area contributed by atoms with Gasteiger partial charge in [-0.1, -0.05) is 0 Å². The Kier molecular flexibility index (Phi) is 2.24. The lowest BCUT2D eigenvalue weighted by Gasteiger charge is -2.02. The molecule has 5 nitrogen and oxygen atoms in total. The molecule has 0 unspecified atom stereocenters. The highest BCUT2D eigenvalue weighted by molar-refractivity contribution is 5.58. The smallest absolute Gasteiger partial charge is 0.239 e. The number of benzene rings is 1. The van der Waals surface area contributed by atoms with Crippen LogP contribution in [0.4, 0.5) is 10.3 Å². The van der Waals surface area contributed by atoms with Crippen molar-refractivity contribution in [2.24, 2.45) is 0 Å². The largest absolute Gasteiger partial charge is 0.494 e. The fourth-order valence-corrected chi connectivity index (χ4v) is 1.21. The van der Waals surface area contributed by atoms with Crippen molar-refractivity contribution in [1.82, 2.24) is 15.2 Å². The van der Waals surface area contributed by atoms with Gasteiger partial charge >= 0.3 is 0 Å². The molecular formula is C9H9FN4O. The standard InChI is InChI=1S/C9H9FN4O/c1-15-7-4-5(2-3-6(7)10)8-12-9(11)14-13-8/h2-4H,1H3,(H3,11,12,13,14). The van der Waals surface area contributed by atoms with E-state index in [1.54, 1.807) is 6.07 Å². The Bertz CT molecular complexity index is 483. The number of halogens is 1. The van der Waals surface area contributed by atoms with Gasteiger partial charge < -0.3 is 10.5 Å². The molecule has 0 spiro atoms. The summed E-state index contributed by atoms with van der Waals surface area (Å²) in [6, 6.07) is 4.39. The lowest BCUT2D eigenvalue weighted by Crippen LogP contribution is -1.90. The van der Waals surface area contributed by atoms with Gasteiger partial charge in [0.25, 0.3) is 0 Å². The minimum atomic E-state index is -0.422. The van der Waals surface area contributed by atoms with Crippen LogP contribution in [-0.4, -0.2) is 22.3 Å². The van der Waals surface area contributed by atoms with Gasteiger partial charge in [-0.2, -0.15) is 4.98 Å². The Hall–Kier alpha value is -2.11. The number of ether oxygens (including phenoxy) is 1. The molecule has 0 fully saturated rings. The third-order valence-electron chi connectivity index (χ3n) is 1.93. The number of rotatable bonds is 2. The lowest BCUT2D eigenvalue weighted by atomic mass is 10.2. The minimum absolute atomic E-state index is 0.147. The first kappa shape index (κ1) is 9.45. The van der Waals surface area contributed by atoms with E-state index in [-0.39, 0.29) is 11.7 Å². The summed E-state index contributed by atoms with van der Waals surface area (Å²) in [5.74, 6) is 0.357. The van der Waals surface area contributed by atoms with E-state index in [0.717, 1.165) is 0 Å².